The molecular formula is C24H36O6. The van der Waals surface area contributed by atoms with Crippen LogP contribution in [0.4, 0.5) is 0 Å². The zero-order valence-electron chi connectivity index (χ0n) is 19.2. The second-order valence-electron chi connectivity index (χ2n) is 9.84. The van der Waals surface area contributed by atoms with Crippen molar-refractivity contribution in [3.8, 4) is 11.5 Å². The third-order valence-corrected chi connectivity index (χ3v) is 6.76. The highest BCUT2D eigenvalue weighted by atomic mass is 16.7. The van der Waals surface area contributed by atoms with Crippen molar-refractivity contribution in [3.05, 3.63) is 36.6 Å². The molecule has 168 valence electrons. The first-order valence-corrected chi connectivity index (χ1v) is 10.5. The lowest BCUT2D eigenvalue weighted by Gasteiger charge is -2.49. The minimum atomic E-state index is -1.50. The maximum Gasteiger partial charge on any atom is 0.203 e. The molecule has 0 spiro atoms. The summed E-state index contributed by atoms with van der Waals surface area (Å²) in [6.45, 7) is 10.3. The maximum atomic E-state index is 12.0. The third kappa shape index (κ3) is 3.75. The first-order chi connectivity index (χ1) is 14.0. The lowest BCUT2D eigenvalue weighted by Crippen LogP contribution is -2.59. The number of aliphatic hydroxyl groups is 1. The summed E-state index contributed by atoms with van der Waals surface area (Å²) >= 11 is 0. The van der Waals surface area contributed by atoms with Crippen LogP contribution in [0.25, 0.3) is 0 Å². The number of ether oxygens (including phenoxy) is 5. The molecule has 0 heterocycles. The Morgan fingerprint density at radius 3 is 2.30 bits per heavy atom. The third-order valence-electron chi connectivity index (χ3n) is 6.76. The number of rotatable bonds is 8. The second-order valence-corrected chi connectivity index (χ2v) is 9.84. The molecular weight excluding hydrogens is 384 g/mol. The van der Waals surface area contributed by atoms with Gasteiger partial charge in [0.15, 0.2) is 0 Å². The molecule has 3 rings (SSSR count). The SMILES string of the molecule is COCO[C@@H]1[C@H]2CC[C@@](/C=C/Oc3ccc(OC)cc3)(C2(C)C)[C@]1(O)OC(C)(C)C. The van der Waals surface area contributed by atoms with E-state index in [-0.39, 0.29) is 18.1 Å². The summed E-state index contributed by atoms with van der Waals surface area (Å²) in [5, 5.41) is 12.0. The average Bonchev–Trinajstić information content (AvgIpc) is 2.99. The van der Waals surface area contributed by atoms with E-state index in [1.54, 1.807) is 20.5 Å². The summed E-state index contributed by atoms with van der Waals surface area (Å²) in [6.07, 6.45) is 4.86. The van der Waals surface area contributed by atoms with Gasteiger partial charge in [0.1, 0.15) is 24.4 Å². The first-order valence-electron chi connectivity index (χ1n) is 10.5. The van der Waals surface area contributed by atoms with E-state index in [0.717, 1.165) is 18.6 Å². The monoisotopic (exact) mass is 420 g/mol. The Balaban J connectivity index is 1.94. The van der Waals surface area contributed by atoms with Crippen LogP contribution >= 0.6 is 0 Å². The molecule has 2 bridgehead atoms. The molecule has 6 heteroatoms. The molecule has 1 aromatic rings. The van der Waals surface area contributed by atoms with E-state index < -0.39 is 22.9 Å². The quantitative estimate of drug-likeness (QED) is 0.493. The van der Waals surface area contributed by atoms with Crippen molar-refractivity contribution in [2.45, 2.75) is 65.0 Å². The van der Waals surface area contributed by atoms with E-state index in [9.17, 15) is 5.11 Å². The van der Waals surface area contributed by atoms with Gasteiger partial charge in [0, 0.05) is 7.11 Å². The molecule has 2 aliphatic rings. The highest BCUT2D eigenvalue weighted by Crippen LogP contribution is 2.71. The number of fused-ring (bicyclic) bond motifs is 2. The molecule has 30 heavy (non-hydrogen) atoms. The largest absolute Gasteiger partial charge is 0.497 e. The molecule has 0 unspecified atom stereocenters. The predicted octanol–water partition coefficient (Wildman–Crippen LogP) is 4.52. The van der Waals surface area contributed by atoms with Crippen molar-refractivity contribution in [3.63, 3.8) is 0 Å². The summed E-state index contributed by atoms with van der Waals surface area (Å²) in [4.78, 5) is 0. The molecule has 0 radical (unpaired) electrons. The lowest BCUT2D eigenvalue weighted by molar-refractivity contribution is -0.346. The maximum absolute atomic E-state index is 12.0. The van der Waals surface area contributed by atoms with Gasteiger partial charge < -0.3 is 28.8 Å². The van der Waals surface area contributed by atoms with Gasteiger partial charge in [0.05, 0.1) is 24.4 Å². The average molecular weight is 421 g/mol. The van der Waals surface area contributed by atoms with Crippen LogP contribution in [0.1, 0.15) is 47.5 Å². The fourth-order valence-electron chi connectivity index (χ4n) is 5.38. The van der Waals surface area contributed by atoms with E-state index in [1.807, 2.05) is 51.1 Å². The Labute approximate surface area is 180 Å². The highest BCUT2D eigenvalue weighted by molar-refractivity contribution is 5.32. The first kappa shape index (κ1) is 23.1. The summed E-state index contributed by atoms with van der Waals surface area (Å²) in [5.41, 5.74) is -1.48. The molecule has 2 fully saturated rings. The number of methoxy groups -OCH3 is 2. The van der Waals surface area contributed by atoms with Crippen LogP contribution < -0.4 is 9.47 Å². The van der Waals surface area contributed by atoms with Crippen molar-refractivity contribution in [2.24, 2.45) is 16.7 Å². The minimum Gasteiger partial charge on any atom is -0.497 e. The van der Waals surface area contributed by atoms with Gasteiger partial charge in [0.25, 0.3) is 0 Å². The van der Waals surface area contributed by atoms with Gasteiger partial charge in [-0.05, 0) is 75.3 Å². The van der Waals surface area contributed by atoms with E-state index in [2.05, 4.69) is 13.8 Å². The van der Waals surface area contributed by atoms with E-state index in [0.29, 0.717) is 5.75 Å². The summed E-state index contributed by atoms with van der Waals surface area (Å²) < 4.78 is 28.6. The number of benzene rings is 1. The standard InChI is InChI=1S/C24H36O6/c1-21(2,3)30-24(25)20(29-16-26-6)19-12-13-23(24,22(19,4)5)14-15-28-18-10-8-17(27-7)9-11-18/h8-11,14-15,19-20,25H,12-13,16H2,1-7H3/b15-14+/t19-,20-,23-,24-/m1/s1. The van der Waals surface area contributed by atoms with Crippen LogP contribution in [0.15, 0.2) is 36.6 Å². The highest BCUT2D eigenvalue weighted by Gasteiger charge is 2.77. The molecule has 2 saturated carbocycles. The normalized spacial score (nSPS) is 32.7. The van der Waals surface area contributed by atoms with Crippen LogP contribution in [-0.2, 0) is 14.2 Å². The summed E-state index contributed by atoms with van der Waals surface area (Å²) in [6, 6.07) is 7.39. The molecule has 0 saturated heterocycles. The molecule has 1 N–H and O–H groups in total. The van der Waals surface area contributed by atoms with Gasteiger partial charge in [-0.3, -0.25) is 0 Å². The molecule has 0 amide bonds. The van der Waals surface area contributed by atoms with Crippen molar-refractivity contribution < 1.29 is 28.8 Å². The Morgan fingerprint density at radius 2 is 1.73 bits per heavy atom. The Bertz CT molecular complexity index is 750. The van der Waals surface area contributed by atoms with Gasteiger partial charge in [0.2, 0.25) is 5.79 Å². The smallest absolute Gasteiger partial charge is 0.203 e. The zero-order valence-corrected chi connectivity index (χ0v) is 19.2. The van der Waals surface area contributed by atoms with Crippen LogP contribution in [0.2, 0.25) is 0 Å². The van der Waals surface area contributed by atoms with Gasteiger partial charge in [-0.15, -0.1) is 0 Å². The van der Waals surface area contributed by atoms with Gasteiger partial charge in [-0.2, -0.15) is 0 Å². The Hall–Kier alpha value is -1.60. The molecule has 4 atom stereocenters. The minimum absolute atomic E-state index is 0.106. The van der Waals surface area contributed by atoms with Crippen molar-refractivity contribution >= 4 is 0 Å². The fraction of sp³-hybridized carbons (Fsp3) is 0.667. The second kappa shape index (κ2) is 8.15. The Kier molecular flexibility index (Phi) is 6.27. The van der Waals surface area contributed by atoms with Gasteiger partial charge >= 0.3 is 0 Å². The van der Waals surface area contributed by atoms with Crippen LogP contribution in [0.5, 0.6) is 11.5 Å². The van der Waals surface area contributed by atoms with Crippen LogP contribution in [0, 0.1) is 16.7 Å². The van der Waals surface area contributed by atoms with Gasteiger partial charge in [-0.1, -0.05) is 13.8 Å². The molecule has 6 nitrogen and oxygen atoms in total. The summed E-state index contributed by atoms with van der Waals surface area (Å²) in [7, 11) is 3.21. The number of hydrogen-bond acceptors (Lipinski definition) is 6. The Morgan fingerprint density at radius 1 is 1.10 bits per heavy atom. The zero-order chi connectivity index (χ0) is 22.2. The lowest BCUT2D eigenvalue weighted by atomic mass is 9.66. The van der Waals surface area contributed by atoms with Crippen molar-refractivity contribution in [1.29, 1.82) is 0 Å². The predicted molar refractivity (Wildman–Crippen MR) is 114 cm³/mol. The topological polar surface area (TPSA) is 66.4 Å². The number of hydrogen-bond donors (Lipinski definition) is 1. The molecule has 2 aliphatic carbocycles. The fourth-order valence-corrected chi connectivity index (χ4v) is 5.38. The van der Waals surface area contributed by atoms with Crippen LogP contribution in [0.3, 0.4) is 0 Å². The summed E-state index contributed by atoms with van der Waals surface area (Å²) in [5.74, 6) is 0.0918. The van der Waals surface area contributed by atoms with Crippen molar-refractivity contribution in [1.82, 2.24) is 0 Å². The van der Waals surface area contributed by atoms with Crippen molar-refractivity contribution in [2.75, 3.05) is 21.0 Å². The van der Waals surface area contributed by atoms with Crippen LogP contribution in [-0.4, -0.2) is 43.6 Å². The van der Waals surface area contributed by atoms with Gasteiger partial charge in [-0.25, -0.2) is 0 Å². The molecule has 1 aromatic carbocycles. The molecule has 0 aromatic heterocycles. The van der Waals surface area contributed by atoms with E-state index in [4.69, 9.17) is 23.7 Å². The molecule has 0 aliphatic heterocycles. The van der Waals surface area contributed by atoms with E-state index >= 15 is 0 Å². The van der Waals surface area contributed by atoms with E-state index in [1.165, 1.54) is 0 Å².